The summed E-state index contributed by atoms with van der Waals surface area (Å²) in [5.41, 5.74) is 1.94. The fourth-order valence-corrected chi connectivity index (χ4v) is 4.26. The van der Waals surface area contributed by atoms with E-state index in [1.54, 1.807) is 0 Å². The van der Waals surface area contributed by atoms with E-state index in [2.05, 4.69) is 15.9 Å². The summed E-state index contributed by atoms with van der Waals surface area (Å²) >= 11 is 3.53. The SMILES string of the molecule is Cc1c(Br)cccc1C(=O)C1CCOC2(CCCCC2)C1. The second kappa shape index (κ2) is 6.21. The van der Waals surface area contributed by atoms with Gasteiger partial charge in [-0.25, -0.2) is 0 Å². The van der Waals surface area contributed by atoms with E-state index in [0.29, 0.717) is 5.78 Å². The van der Waals surface area contributed by atoms with Crippen molar-refractivity contribution >= 4 is 21.7 Å². The van der Waals surface area contributed by atoms with E-state index in [1.807, 2.05) is 25.1 Å². The summed E-state index contributed by atoms with van der Waals surface area (Å²) in [5.74, 6) is 0.437. The molecule has 1 spiro atoms. The summed E-state index contributed by atoms with van der Waals surface area (Å²) in [7, 11) is 0. The Hall–Kier alpha value is -0.670. The van der Waals surface area contributed by atoms with Gasteiger partial charge >= 0.3 is 0 Å². The first-order chi connectivity index (χ1) is 10.1. The monoisotopic (exact) mass is 350 g/mol. The van der Waals surface area contributed by atoms with Crippen molar-refractivity contribution in [2.24, 2.45) is 5.92 Å². The van der Waals surface area contributed by atoms with Crippen molar-refractivity contribution in [2.45, 2.75) is 57.5 Å². The molecule has 114 valence electrons. The maximum absolute atomic E-state index is 12.9. The zero-order valence-corrected chi connectivity index (χ0v) is 14.2. The van der Waals surface area contributed by atoms with E-state index in [4.69, 9.17) is 4.74 Å². The fourth-order valence-electron chi connectivity index (χ4n) is 3.89. The van der Waals surface area contributed by atoms with Crippen molar-refractivity contribution in [2.75, 3.05) is 6.61 Å². The van der Waals surface area contributed by atoms with Crippen LogP contribution in [-0.2, 0) is 4.74 Å². The van der Waals surface area contributed by atoms with Crippen molar-refractivity contribution in [1.82, 2.24) is 0 Å². The standard InChI is InChI=1S/C18H23BrO2/c1-13-15(6-5-7-16(13)19)17(20)14-8-11-21-18(12-14)9-3-2-4-10-18/h5-7,14H,2-4,8-12H2,1H3. The molecule has 0 N–H and O–H groups in total. The lowest BCUT2D eigenvalue weighted by atomic mass is 9.74. The summed E-state index contributed by atoms with van der Waals surface area (Å²) in [5, 5.41) is 0. The van der Waals surface area contributed by atoms with Crippen molar-refractivity contribution in [1.29, 1.82) is 0 Å². The molecule has 1 aliphatic heterocycles. The highest BCUT2D eigenvalue weighted by Crippen LogP contribution is 2.41. The maximum Gasteiger partial charge on any atom is 0.166 e. The Morgan fingerprint density at radius 3 is 2.81 bits per heavy atom. The molecule has 1 saturated heterocycles. The number of ketones is 1. The number of rotatable bonds is 2. The molecule has 1 aromatic carbocycles. The lowest BCUT2D eigenvalue weighted by Gasteiger charge is -2.43. The molecule has 2 aliphatic rings. The normalized spacial score (nSPS) is 25.0. The van der Waals surface area contributed by atoms with Gasteiger partial charge in [0.15, 0.2) is 5.78 Å². The van der Waals surface area contributed by atoms with Gasteiger partial charge in [0.1, 0.15) is 0 Å². The van der Waals surface area contributed by atoms with Crippen LogP contribution in [0.3, 0.4) is 0 Å². The Bertz CT molecular complexity index is 527. The smallest absolute Gasteiger partial charge is 0.166 e. The first-order valence-electron chi connectivity index (χ1n) is 8.05. The van der Waals surface area contributed by atoms with Crippen LogP contribution in [0.2, 0.25) is 0 Å². The molecule has 2 nitrogen and oxygen atoms in total. The van der Waals surface area contributed by atoms with Gasteiger partial charge in [0, 0.05) is 22.6 Å². The topological polar surface area (TPSA) is 26.3 Å². The Morgan fingerprint density at radius 2 is 2.05 bits per heavy atom. The third-order valence-electron chi connectivity index (χ3n) is 5.16. The molecule has 21 heavy (non-hydrogen) atoms. The minimum atomic E-state index is -0.00323. The third kappa shape index (κ3) is 3.09. The first-order valence-corrected chi connectivity index (χ1v) is 8.84. The van der Waals surface area contributed by atoms with Crippen LogP contribution in [-0.4, -0.2) is 18.0 Å². The molecule has 1 unspecified atom stereocenters. The zero-order chi connectivity index (χ0) is 14.9. The van der Waals surface area contributed by atoms with Crippen LogP contribution in [0.25, 0.3) is 0 Å². The predicted octanol–water partition coefficient (Wildman–Crippen LogP) is 5.07. The minimum Gasteiger partial charge on any atom is -0.375 e. The predicted molar refractivity (Wildman–Crippen MR) is 87.7 cm³/mol. The molecule has 1 atom stereocenters. The van der Waals surface area contributed by atoms with E-state index in [1.165, 1.54) is 19.3 Å². The molecule has 0 radical (unpaired) electrons. The molecule has 1 heterocycles. The number of Topliss-reactive ketones (excluding diaryl/α,β-unsaturated/α-hetero) is 1. The average molecular weight is 351 g/mol. The van der Waals surface area contributed by atoms with Gasteiger partial charge in [0.2, 0.25) is 0 Å². The second-order valence-electron chi connectivity index (χ2n) is 6.56. The van der Waals surface area contributed by atoms with E-state index >= 15 is 0 Å². The Labute approximate surface area is 135 Å². The largest absolute Gasteiger partial charge is 0.375 e. The molecule has 3 rings (SSSR count). The summed E-state index contributed by atoms with van der Waals surface area (Å²) in [6.45, 7) is 2.76. The van der Waals surface area contributed by atoms with Gasteiger partial charge in [-0.3, -0.25) is 4.79 Å². The van der Waals surface area contributed by atoms with Crippen molar-refractivity contribution in [3.8, 4) is 0 Å². The molecule has 2 fully saturated rings. The summed E-state index contributed by atoms with van der Waals surface area (Å²) in [6.07, 6.45) is 7.86. The van der Waals surface area contributed by atoms with Gasteiger partial charge in [-0.1, -0.05) is 47.3 Å². The van der Waals surface area contributed by atoms with Crippen LogP contribution in [0.5, 0.6) is 0 Å². The molecular weight excluding hydrogens is 328 g/mol. The lowest BCUT2D eigenvalue weighted by Crippen LogP contribution is -2.43. The van der Waals surface area contributed by atoms with Crippen molar-refractivity contribution in [3.05, 3.63) is 33.8 Å². The van der Waals surface area contributed by atoms with Crippen LogP contribution in [0.4, 0.5) is 0 Å². The van der Waals surface area contributed by atoms with Gasteiger partial charge in [-0.15, -0.1) is 0 Å². The highest BCUT2D eigenvalue weighted by atomic mass is 79.9. The number of carbonyl (C=O) groups excluding carboxylic acids is 1. The number of hydrogen-bond acceptors (Lipinski definition) is 2. The molecule has 1 aromatic rings. The summed E-state index contributed by atoms with van der Waals surface area (Å²) in [4.78, 5) is 12.9. The average Bonchev–Trinajstić information content (AvgIpc) is 2.50. The highest BCUT2D eigenvalue weighted by molar-refractivity contribution is 9.10. The quantitative estimate of drug-likeness (QED) is 0.696. The molecular formula is C18H23BrO2. The van der Waals surface area contributed by atoms with Crippen molar-refractivity contribution < 1.29 is 9.53 Å². The van der Waals surface area contributed by atoms with E-state index in [-0.39, 0.29) is 11.5 Å². The van der Waals surface area contributed by atoms with Gasteiger partial charge < -0.3 is 4.74 Å². The highest BCUT2D eigenvalue weighted by Gasteiger charge is 2.40. The van der Waals surface area contributed by atoms with Crippen LogP contribution in [0, 0.1) is 12.8 Å². The van der Waals surface area contributed by atoms with Gasteiger partial charge in [-0.05, 0) is 44.2 Å². The molecule has 1 aliphatic carbocycles. The number of carbonyl (C=O) groups is 1. The molecule has 1 saturated carbocycles. The van der Waals surface area contributed by atoms with Crippen molar-refractivity contribution in [3.63, 3.8) is 0 Å². The van der Waals surface area contributed by atoms with Crippen LogP contribution < -0.4 is 0 Å². The Morgan fingerprint density at radius 1 is 1.29 bits per heavy atom. The van der Waals surface area contributed by atoms with E-state index in [9.17, 15) is 4.79 Å². The van der Waals surface area contributed by atoms with Gasteiger partial charge in [0.05, 0.1) is 5.60 Å². The minimum absolute atomic E-state index is 0.00323. The Kier molecular flexibility index (Phi) is 4.51. The summed E-state index contributed by atoms with van der Waals surface area (Å²) in [6, 6.07) is 5.92. The Balaban J connectivity index is 1.79. The maximum atomic E-state index is 12.9. The summed E-state index contributed by atoms with van der Waals surface area (Å²) < 4.78 is 7.14. The number of benzene rings is 1. The zero-order valence-electron chi connectivity index (χ0n) is 12.7. The van der Waals surface area contributed by atoms with Gasteiger partial charge in [0.25, 0.3) is 0 Å². The van der Waals surface area contributed by atoms with E-state index < -0.39 is 0 Å². The van der Waals surface area contributed by atoms with E-state index in [0.717, 1.165) is 47.9 Å². The van der Waals surface area contributed by atoms with Gasteiger partial charge in [-0.2, -0.15) is 0 Å². The third-order valence-corrected chi connectivity index (χ3v) is 6.02. The molecule has 3 heteroatoms. The van der Waals surface area contributed by atoms with Crippen LogP contribution >= 0.6 is 15.9 Å². The first kappa shape index (κ1) is 15.2. The van der Waals surface area contributed by atoms with Crippen LogP contribution in [0.15, 0.2) is 22.7 Å². The molecule has 0 amide bonds. The fraction of sp³-hybridized carbons (Fsp3) is 0.611. The number of hydrogen-bond donors (Lipinski definition) is 0. The second-order valence-corrected chi connectivity index (χ2v) is 7.41. The van der Waals surface area contributed by atoms with Crippen LogP contribution in [0.1, 0.15) is 60.9 Å². The number of halogens is 1. The lowest BCUT2D eigenvalue weighted by molar-refractivity contribution is -0.111. The number of ether oxygens (including phenoxy) is 1. The molecule has 0 bridgehead atoms. The molecule has 0 aromatic heterocycles.